The summed E-state index contributed by atoms with van der Waals surface area (Å²) in [5.41, 5.74) is 4.36. The molecule has 0 aliphatic carbocycles. The number of carbonyl (C=O) groups excluding carboxylic acids is 1. The molecule has 0 unspecified atom stereocenters. The Morgan fingerprint density at radius 3 is 2.50 bits per heavy atom. The number of carbonyl (C=O) groups is 1. The normalized spacial score (nSPS) is 15.6. The Kier molecular flexibility index (Phi) is 2.93. The fraction of sp³-hybridized carbons (Fsp3) is 0.333. The third-order valence-corrected chi connectivity index (χ3v) is 2.52. The number of halogens is 2. The van der Waals surface area contributed by atoms with Crippen molar-refractivity contribution in [3.8, 4) is 17.6 Å². The summed E-state index contributed by atoms with van der Waals surface area (Å²) >= 11 is 0. The first kappa shape index (κ1) is 13.9. The fourth-order valence-corrected chi connectivity index (χ4v) is 1.59. The number of fused-ring (bicyclic) bond motifs is 1. The lowest BCUT2D eigenvalue weighted by molar-refractivity contribution is -0.286. The molecular weight excluding hydrogens is 272 g/mol. The van der Waals surface area contributed by atoms with Crippen molar-refractivity contribution in [1.82, 2.24) is 5.32 Å². The summed E-state index contributed by atoms with van der Waals surface area (Å²) in [6.07, 6.45) is -3.78. The molecule has 1 aromatic rings. The van der Waals surface area contributed by atoms with E-state index in [9.17, 15) is 13.6 Å². The highest BCUT2D eigenvalue weighted by molar-refractivity contribution is 6.00. The first-order valence-electron chi connectivity index (χ1n) is 5.57. The number of hydrogen-bond acceptors (Lipinski definition) is 5. The molecule has 8 heteroatoms. The summed E-state index contributed by atoms with van der Waals surface area (Å²) in [5.74, 6) is -1.21. The SMILES string of the molecule is CC(C)(C#N)NC(=O)c1cc2c(cc1N)OC(F)(F)O2. The lowest BCUT2D eigenvalue weighted by atomic mass is 10.1. The highest BCUT2D eigenvalue weighted by Gasteiger charge is 2.44. The van der Waals surface area contributed by atoms with E-state index in [0.717, 1.165) is 12.1 Å². The van der Waals surface area contributed by atoms with Gasteiger partial charge in [0.25, 0.3) is 5.91 Å². The maximum absolute atomic E-state index is 12.9. The number of amides is 1. The van der Waals surface area contributed by atoms with Crippen LogP contribution in [-0.2, 0) is 0 Å². The highest BCUT2D eigenvalue weighted by atomic mass is 19.3. The molecule has 6 nitrogen and oxygen atoms in total. The second kappa shape index (κ2) is 4.23. The van der Waals surface area contributed by atoms with Gasteiger partial charge in [-0.05, 0) is 19.9 Å². The average molecular weight is 283 g/mol. The molecule has 0 spiro atoms. The van der Waals surface area contributed by atoms with Crippen molar-refractivity contribution in [2.24, 2.45) is 0 Å². The molecule has 0 atom stereocenters. The largest absolute Gasteiger partial charge is 0.586 e. The molecule has 2 rings (SSSR count). The number of rotatable bonds is 2. The Morgan fingerprint density at radius 1 is 1.40 bits per heavy atom. The van der Waals surface area contributed by atoms with Gasteiger partial charge in [-0.25, -0.2) is 0 Å². The number of benzene rings is 1. The lowest BCUT2D eigenvalue weighted by Crippen LogP contribution is -2.42. The second-order valence-corrected chi connectivity index (χ2v) is 4.74. The smallest absolute Gasteiger partial charge is 0.398 e. The van der Waals surface area contributed by atoms with E-state index in [2.05, 4.69) is 14.8 Å². The number of nitrogens with two attached hydrogens (primary N) is 1. The minimum atomic E-state index is -3.78. The van der Waals surface area contributed by atoms with Gasteiger partial charge >= 0.3 is 6.29 Å². The first-order valence-corrected chi connectivity index (χ1v) is 5.57. The maximum Gasteiger partial charge on any atom is 0.586 e. The molecule has 1 aromatic carbocycles. The van der Waals surface area contributed by atoms with Crippen LogP contribution in [0, 0.1) is 11.3 Å². The first-order chi connectivity index (χ1) is 9.13. The molecule has 0 fully saturated rings. The summed E-state index contributed by atoms with van der Waals surface area (Å²) in [6.45, 7) is 2.98. The average Bonchev–Trinajstić information content (AvgIpc) is 2.60. The van der Waals surface area contributed by atoms with Crippen LogP contribution in [-0.4, -0.2) is 17.7 Å². The van der Waals surface area contributed by atoms with E-state index < -0.39 is 17.7 Å². The third kappa shape index (κ3) is 2.56. The van der Waals surface area contributed by atoms with Crippen LogP contribution >= 0.6 is 0 Å². The number of nitriles is 1. The van der Waals surface area contributed by atoms with Crippen molar-refractivity contribution in [2.75, 3.05) is 5.73 Å². The zero-order valence-corrected chi connectivity index (χ0v) is 10.7. The van der Waals surface area contributed by atoms with Crippen LogP contribution in [0.4, 0.5) is 14.5 Å². The monoisotopic (exact) mass is 283 g/mol. The van der Waals surface area contributed by atoms with Gasteiger partial charge in [-0.15, -0.1) is 8.78 Å². The summed E-state index contributed by atoms with van der Waals surface area (Å²) in [4.78, 5) is 12.0. The summed E-state index contributed by atoms with van der Waals surface area (Å²) in [7, 11) is 0. The topological polar surface area (TPSA) is 97.4 Å². The molecule has 0 saturated carbocycles. The van der Waals surface area contributed by atoms with Crippen molar-refractivity contribution >= 4 is 11.6 Å². The Balaban J connectivity index is 2.32. The Hall–Kier alpha value is -2.56. The fourth-order valence-electron chi connectivity index (χ4n) is 1.59. The highest BCUT2D eigenvalue weighted by Crippen LogP contribution is 2.43. The number of nitrogens with zero attached hydrogens (tertiary/aromatic N) is 1. The Labute approximate surface area is 113 Å². The predicted molar refractivity (Wildman–Crippen MR) is 64.2 cm³/mol. The van der Waals surface area contributed by atoms with E-state index in [4.69, 9.17) is 11.0 Å². The van der Waals surface area contributed by atoms with Crippen LogP contribution in [0.5, 0.6) is 11.5 Å². The standard InChI is InChI=1S/C12H11F2N3O3/c1-11(2,5-15)17-10(18)6-3-8-9(4-7(6)16)20-12(13,14)19-8/h3-4H,16H2,1-2H3,(H,17,18). The zero-order valence-electron chi connectivity index (χ0n) is 10.7. The lowest BCUT2D eigenvalue weighted by Gasteiger charge is -2.18. The van der Waals surface area contributed by atoms with Crippen LogP contribution < -0.4 is 20.5 Å². The van der Waals surface area contributed by atoms with E-state index in [1.165, 1.54) is 13.8 Å². The predicted octanol–water partition coefficient (Wildman–Crippen LogP) is 1.62. The van der Waals surface area contributed by atoms with E-state index in [1.807, 2.05) is 6.07 Å². The number of nitrogen functional groups attached to an aromatic ring is 1. The van der Waals surface area contributed by atoms with Gasteiger partial charge in [0.1, 0.15) is 5.54 Å². The van der Waals surface area contributed by atoms with Crippen LogP contribution in [0.2, 0.25) is 0 Å². The minimum absolute atomic E-state index is 0.0590. The van der Waals surface area contributed by atoms with Crippen LogP contribution in [0.25, 0.3) is 0 Å². The second-order valence-electron chi connectivity index (χ2n) is 4.74. The number of ether oxygens (including phenoxy) is 2. The molecule has 0 aromatic heterocycles. The molecule has 1 amide bonds. The van der Waals surface area contributed by atoms with Gasteiger partial charge in [0, 0.05) is 11.8 Å². The molecule has 0 bridgehead atoms. The van der Waals surface area contributed by atoms with Crippen molar-refractivity contribution in [1.29, 1.82) is 5.26 Å². The van der Waals surface area contributed by atoms with E-state index in [0.29, 0.717) is 0 Å². The van der Waals surface area contributed by atoms with Gasteiger partial charge < -0.3 is 20.5 Å². The maximum atomic E-state index is 12.9. The molecule has 0 radical (unpaired) electrons. The molecule has 1 aliphatic rings. The molecule has 3 N–H and O–H groups in total. The van der Waals surface area contributed by atoms with Gasteiger partial charge in [-0.1, -0.05) is 0 Å². The van der Waals surface area contributed by atoms with Crippen molar-refractivity contribution in [3.05, 3.63) is 17.7 Å². The van der Waals surface area contributed by atoms with Crippen molar-refractivity contribution in [3.63, 3.8) is 0 Å². The molecule has 1 aliphatic heterocycles. The molecule has 106 valence electrons. The number of nitrogens with one attached hydrogen (secondary N) is 1. The van der Waals surface area contributed by atoms with Crippen LogP contribution in [0.15, 0.2) is 12.1 Å². The number of anilines is 1. The van der Waals surface area contributed by atoms with Gasteiger partial charge in [0.2, 0.25) is 0 Å². The Bertz CT molecular complexity index is 623. The molecule has 20 heavy (non-hydrogen) atoms. The van der Waals surface area contributed by atoms with Crippen molar-refractivity contribution < 1.29 is 23.0 Å². The van der Waals surface area contributed by atoms with Crippen LogP contribution in [0.1, 0.15) is 24.2 Å². The molecule has 1 heterocycles. The number of hydrogen-bond donors (Lipinski definition) is 2. The summed E-state index contributed by atoms with van der Waals surface area (Å²) < 4.78 is 34.2. The minimum Gasteiger partial charge on any atom is -0.398 e. The van der Waals surface area contributed by atoms with E-state index in [1.54, 1.807) is 0 Å². The Morgan fingerprint density at radius 2 is 1.95 bits per heavy atom. The third-order valence-electron chi connectivity index (χ3n) is 2.52. The van der Waals surface area contributed by atoms with Gasteiger partial charge in [-0.2, -0.15) is 5.26 Å². The summed E-state index contributed by atoms with van der Waals surface area (Å²) in [5, 5.41) is 11.3. The molecule has 0 saturated heterocycles. The zero-order chi connectivity index (χ0) is 15.1. The summed E-state index contributed by atoms with van der Waals surface area (Å²) in [6, 6.07) is 4.00. The van der Waals surface area contributed by atoms with Gasteiger partial charge in [0.15, 0.2) is 11.5 Å². The van der Waals surface area contributed by atoms with Gasteiger partial charge in [0.05, 0.1) is 11.6 Å². The quantitative estimate of drug-likeness (QED) is 0.804. The van der Waals surface area contributed by atoms with Crippen molar-refractivity contribution in [2.45, 2.75) is 25.7 Å². The van der Waals surface area contributed by atoms with Gasteiger partial charge in [-0.3, -0.25) is 4.79 Å². The van der Waals surface area contributed by atoms with Crippen LogP contribution in [0.3, 0.4) is 0 Å². The van der Waals surface area contributed by atoms with E-state index in [-0.39, 0.29) is 22.7 Å². The number of alkyl halides is 2. The molecular formula is C12H11F2N3O3. The van der Waals surface area contributed by atoms with E-state index >= 15 is 0 Å².